The number of hydrogen-bond acceptors (Lipinski definition) is 3. The van der Waals surface area contributed by atoms with Crippen molar-refractivity contribution in [3.05, 3.63) is 23.8 Å². The lowest BCUT2D eigenvalue weighted by atomic mass is 9.49. The van der Waals surface area contributed by atoms with Crippen molar-refractivity contribution >= 4 is 5.91 Å². The SMILES string of the molecule is COc1ccc(OC)c(CNC(=O)C23CC4CC(CC(C4)C2)C3)c1. The van der Waals surface area contributed by atoms with Crippen molar-refractivity contribution in [2.24, 2.45) is 23.2 Å². The van der Waals surface area contributed by atoms with Gasteiger partial charge in [0.05, 0.1) is 14.2 Å². The van der Waals surface area contributed by atoms with Gasteiger partial charge >= 0.3 is 0 Å². The molecule has 0 radical (unpaired) electrons. The number of rotatable bonds is 5. The summed E-state index contributed by atoms with van der Waals surface area (Å²) in [7, 11) is 3.31. The average Bonchev–Trinajstić information content (AvgIpc) is 2.58. The topological polar surface area (TPSA) is 47.6 Å². The van der Waals surface area contributed by atoms with Gasteiger partial charge in [0.2, 0.25) is 5.91 Å². The summed E-state index contributed by atoms with van der Waals surface area (Å²) < 4.78 is 10.7. The van der Waals surface area contributed by atoms with E-state index in [0.29, 0.717) is 6.54 Å². The average molecular weight is 329 g/mol. The number of amides is 1. The lowest BCUT2D eigenvalue weighted by Gasteiger charge is -2.55. The lowest BCUT2D eigenvalue weighted by Crippen LogP contribution is -2.53. The Bertz CT molecular complexity index is 604. The Hall–Kier alpha value is -1.71. The van der Waals surface area contributed by atoms with E-state index < -0.39 is 0 Å². The molecule has 4 fully saturated rings. The second kappa shape index (κ2) is 5.98. The van der Waals surface area contributed by atoms with Gasteiger partial charge < -0.3 is 14.8 Å². The number of methoxy groups -OCH3 is 2. The fourth-order valence-corrected chi connectivity index (χ4v) is 5.77. The van der Waals surface area contributed by atoms with Gasteiger partial charge in [-0.3, -0.25) is 4.79 Å². The molecular formula is C20H27NO3. The van der Waals surface area contributed by atoms with E-state index in [0.717, 1.165) is 54.1 Å². The third-order valence-corrected chi connectivity index (χ3v) is 6.45. The monoisotopic (exact) mass is 329 g/mol. The van der Waals surface area contributed by atoms with Crippen LogP contribution in [-0.4, -0.2) is 20.1 Å². The first-order chi connectivity index (χ1) is 11.6. The van der Waals surface area contributed by atoms with Gasteiger partial charge in [-0.05, 0) is 74.5 Å². The molecule has 0 heterocycles. The maximum atomic E-state index is 13.0. The number of carbonyl (C=O) groups is 1. The van der Waals surface area contributed by atoms with E-state index in [1.54, 1.807) is 14.2 Å². The van der Waals surface area contributed by atoms with Crippen LogP contribution in [0.15, 0.2) is 18.2 Å². The highest BCUT2D eigenvalue weighted by molar-refractivity contribution is 5.83. The van der Waals surface area contributed by atoms with Gasteiger partial charge in [-0.25, -0.2) is 0 Å². The molecule has 0 saturated heterocycles. The third kappa shape index (κ3) is 2.66. The van der Waals surface area contributed by atoms with Gasteiger partial charge in [0.15, 0.2) is 0 Å². The molecule has 0 aliphatic heterocycles. The van der Waals surface area contributed by atoms with Crippen LogP contribution < -0.4 is 14.8 Å². The van der Waals surface area contributed by atoms with Crippen LogP contribution >= 0.6 is 0 Å². The molecule has 4 saturated carbocycles. The van der Waals surface area contributed by atoms with Crippen LogP contribution in [0.3, 0.4) is 0 Å². The number of benzene rings is 1. The molecule has 1 aromatic rings. The highest BCUT2D eigenvalue weighted by Crippen LogP contribution is 2.60. The first-order valence-corrected chi connectivity index (χ1v) is 9.11. The normalized spacial score (nSPS) is 33.3. The molecule has 24 heavy (non-hydrogen) atoms. The number of hydrogen-bond donors (Lipinski definition) is 1. The standard InChI is InChI=1S/C20H27NO3/c1-23-17-3-4-18(24-2)16(8-17)12-21-19(22)20-9-13-5-14(10-20)7-15(6-13)11-20/h3-4,8,13-15H,5-7,9-12H2,1-2H3,(H,21,22). The first kappa shape index (κ1) is 15.8. The van der Waals surface area contributed by atoms with Crippen molar-refractivity contribution in [1.82, 2.24) is 5.32 Å². The predicted octanol–water partition coefficient (Wildman–Crippen LogP) is 3.54. The molecule has 0 unspecified atom stereocenters. The van der Waals surface area contributed by atoms with Crippen LogP contribution in [0.1, 0.15) is 44.1 Å². The largest absolute Gasteiger partial charge is 0.497 e. The minimum atomic E-state index is -0.0964. The summed E-state index contributed by atoms with van der Waals surface area (Å²) in [5, 5.41) is 3.21. The Morgan fingerprint density at radius 2 is 1.71 bits per heavy atom. The summed E-state index contributed by atoms with van der Waals surface area (Å²) in [5.74, 6) is 4.19. The smallest absolute Gasteiger partial charge is 0.226 e. The Balaban J connectivity index is 1.47. The molecule has 0 spiro atoms. The van der Waals surface area contributed by atoms with Gasteiger partial charge in [0.1, 0.15) is 11.5 Å². The fraction of sp³-hybridized carbons (Fsp3) is 0.650. The van der Waals surface area contributed by atoms with Crippen molar-refractivity contribution < 1.29 is 14.3 Å². The zero-order chi connectivity index (χ0) is 16.7. The van der Waals surface area contributed by atoms with E-state index in [2.05, 4.69) is 5.32 Å². The van der Waals surface area contributed by atoms with E-state index >= 15 is 0 Å². The predicted molar refractivity (Wildman–Crippen MR) is 92.0 cm³/mol. The van der Waals surface area contributed by atoms with Gasteiger partial charge in [-0.1, -0.05) is 0 Å². The second-order valence-corrected chi connectivity index (χ2v) is 8.06. The van der Waals surface area contributed by atoms with Crippen molar-refractivity contribution in [3.8, 4) is 11.5 Å². The van der Waals surface area contributed by atoms with Crippen LogP contribution in [0.5, 0.6) is 11.5 Å². The van der Waals surface area contributed by atoms with E-state index in [1.807, 2.05) is 18.2 Å². The minimum absolute atomic E-state index is 0.0964. The van der Waals surface area contributed by atoms with Gasteiger partial charge in [0, 0.05) is 17.5 Å². The Morgan fingerprint density at radius 3 is 2.25 bits per heavy atom. The number of carbonyl (C=O) groups excluding carboxylic acids is 1. The molecule has 5 rings (SSSR count). The molecule has 4 heteroatoms. The molecule has 4 aliphatic rings. The zero-order valence-corrected chi connectivity index (χ0v) is 14.6. The summed E-state index contributed by atoms with van der Waals surface area (Å²) in [6, 6.07) is 5.72. The van der Waals surface area contributed by atoms with Crippen LogP contribution in [0.4, 0.5) is 0 Å². The quantitative estimate of drug-likeness (QED) is 0.899. The first-order valence-electron chi connectivity index (χ1n) is 9.11. The molecule has 1 aromatic carbocycles. The van der Waals surface area contributed by atoms with Crippen molar-refractivity contribution in [2.75, 3.05) is 14.2 Å². The van der Waals surface area contributed by atoms with E-state index in [9.17, 15) is 4.79 Å². The lowest BCUT2D eigenvalue weighted by molar-refractivity contribution is -0.146. The Kier molecular flexibility index (Phi) is 3.93. The zero-order valence-electron chi connectivity index (χ0n) is 14.6. The van der Waals surface area contributed by atoms with Crippen molar-refractivity contribution in [2.45, 2.75) is 45.1 Å². The second-order valence-electron chi connectivity index (χ2n) is 8.06. The van der Waals surface area contributed by atoms with Gasteiger partial charge in [-0.2, -0.15) is 0 Å². The van der Waals surface area contributed by atoms with Crippen LogP contribution in [-0.2, 0) is 11.3 Å². The van der Waals surface area contributed by atoms with Crippen LogP contribution in [0.2, 0.25) is 0 Å². The van der Waals surface area contributed by atoms with Crippen molar-refractivity contribution in [1.29, 1.82) is 0 Å². The molecule has 0 atom stereocenters. The Labute approximate surface area is 143 Å². The highest BCUT2D eigenvalue weighted by Gasteiger charge is 2.54. The molecule has 4 bridgehead atoms. The Morgan fingerprint density at radius 1 is 1.08 bits per heavy atom. The van der Waals surface area contributed by atoms with Crippen LogP contribution in [0.25, 0.3) is 0 Å². The molecule has 1 amide bonds. The summed E-state index contributed by atoms with van der Waals surface area (Å²) in [4.78, 5) is 13.0. The summed E-state index contributed by atoms with van der Waals surface area (Å²) in [6.45, 7) is 0.501. The molecule has 0 aromatic heterocycles. The minimum Gasteiger partial charge on any atom is -0.497 e. The molecular weight excluding hydrogens is 302 g/mol. The van der Waals surface area contributed by atoms with Gasteiger partial charge in [-0.15, -0.1) is 0 Å². The molecule has 130 valence electrons. The maximum Gasteiger partial charge on any atom is 0.226 e. The van der Waals surface area contributed by atoms with Gasteiger partial charge in [0.25, 0.3) is 0 Å². The van der Waals surface area contributed by atoms with Crippen molar-refractivity contribution in [3.63, 3.8) is 0 Å². The highest BCUT2D eigenvalue weighted by atomic mass is 16.5. The maximum absolute atomic E-state index is 13.0. The van der Waals surface area contributed by atoms with Crippen LogP contribution in [0, 0.1) is 23.2 Å². The fourth-order valence-electron chi connectivity index (χ4n) is 5.77. The number of ether oxygens (including phenoxy) is 2. The summed E-state index contributed by atoms with van der Waals surface area (Å²) >= 11 is 0. The summed E-state index contributed by atoms with van der Waals surface area (Å²) in [5.41, 5.74) is 0.871. The number of nitrogens with one attached hydrogen (secondary N) is 1. The third-order valence-electron chi connectivity index (χ3n) is 6.45. The summed E-state index contributed by atoms with van der Waals surface area (Å²) in [6.07, 6.45) is 7.36. The molecule has 4 aliphatic carbocycles. The molecule has 1 N–H and O–H groups in total. The van der Waals surface area contributed by atoms with E-state index in [4.69, 9.17) is 9.47 Å². The van der Waals surface area contributed by atoms with E-state index in [1.165, 1.54) is 19.3 Å². The molecule has 4 nitrogen and oxygen atoms in total. The van der Waals surface area contributed by atoms with E-state index in [-0.39, 0.29) is 11.3 Å².